The highest BCUT2D eigenvalue weighted by Gasteiger charge is 2.35. The van der Waals surface area contributed by atoms with Crippen LogP contribution in [-0.4, -0.2) is 33.1 Å². The van der Waals surface area contributed by atoms with Crippen LogP contribution in [0.1, 0.15) is 29.5 Å². The van der Waals surface area contributed by atoms with Crippen molar-refractivity contribution in [2.45, 2.75) is 19.4 Å². The average Bonchev–Trinajstić information content (AvgIpc) is 3.43. The molecule has 0 fully saturated rings. The highest BCUT2D eigenvalue weighted by atomic mass is 35.5. The summed E-state index contributed by atoms with van der Waals surface area (Å²) < 4.78 is 10.9. The number of rotatable bonds is 6. The van der Waals surface area contributed by atoms with Crippen LogP contribution in [0.2, 0.25) is 5.02 Å². The van der Waals surface area contributed by atoms with Crippen LogP contribution in [-0.2, 0) is 4.79 Å². The third-order valence-corrected chi connectivity index (χ3v) is 4.97. The van der Waals surface area contributed by atoms with Crippen LogP contribution in [0.5, 0.6) is 5.75 Å². The van der Waals surface area contributed by atoms with Gasteiger partial charge in [0, 0.05) is 18.4 Å². The summed E-state index contributed by atoms with van der Waals surface area (Å²) in [6.07, 6.45) is 1.96. The van der Waals surface area contributed by atoms with Gasteiger partial charge in [0.1, 0.15) is 17.5 Å². The van der Waals surface area contributed by atoms with Crippen molar-refractivity contribution in [2.75, 3.05) is 6.61 Å². The van der Waals surface area contributed by atoms with Crippen LogP contribution >= 0.6 is 11.6 Å². The van der Waals surface area contributed by atoms with E-state index in [0.717, 1.165) is 5.56 Å². The topological polar surface area (TPSA) is 111 Å². The Morgan fingerprint density at radius 3 is 2.74 bits per heavy atom. The molecule has 1 aliphatic rings. The van der Waals surface area contributed by atoms with Gasteiger partial charge >= 0.3 is 5.82 Å². The minimum atomic E-state index is -0.648. The van der Waals surface area contributed by atoms with Gasteiger partial charge in [-0.05, 0) is 51.9 Å². The summed E-state index contributed by atoms with van der Waals surface area (Å²) in [4.78, 5) is 27.4. The smallest absolute Gasteiger partial charge is 0.406 e. The van der Waals surface area contributed by atoms with Gasteiger partial charge in [-0.3, -0.25) is 4.79 Å². The maximum absolute atomic E-state index is 12.9. The molecule has 2 aromatic heterocycles. The van der Waals surface area contributed by atoms with E-state index in [2.05, 4.69) is 10.1 Å². The molecule has 0 aliphatic carbocycles. The van der Waals surface area contributed by atoms with Crippen molar-refractivity contribution in [3.05, 3.63) is 86.9 Å². The van der Waals surface area contributed by atoms with Gasteiger partial charge in [0.2, 0.25) is 5.75 Å². The second-order valence-corrected chi connectivity index (χ2v) is 7.28. The van der Waals surface area contributed by atoms with Gasteiger partial charge < -0.3 is 19.3 Å². The summed E-state index contributed by atoms with van der Waals surface area (Å²) >= 11 is 5.96. The van der Waals surface area contributed by atoms with Gasteiger partial charge in [-0.15, -0.1) is 0 Å². The van der Waals surface area contributed by atoms with Crippen LogP contribution in [0.25, 0.3) is 0 Å². The fraction of sp³-hybridized carbons (Fsp3) is 0.190. The van der Waals surface area contributed by atoms with E-state index >= 15 is 0 Å². The summed E-state index contributed by atoms with van der Waals surface area (Å²) in [7, 11) is 0. The zero-order valence-electron chi connectivity index (χ0n) is 16.4. The van der Waals surface area contributed by atoms with Crippen LogP contribution < -0.4 is 4.74 Å². The van der Waals surface area contributed by atoms with Crippen LogP contribution in [0, 0.1) is 17.0 Å². The number of carbonyl (C=O) groups is 1. The number of pyridine rings is 1. The third kappa shape index (κ3) is 4.41. The van der Waals surface area contributed by atoms with Crippen molar-refractivity contribution >= 4 is 29.0 Å². The number of nitrogens with zero attached hydrogens (tertiary/aromatic N) is 4. The predicted molar refractivity (Wildman–Crippen MR) is 112 cm³/mol. The minimum absolute atomic E-state index is 0.0837. The van der Waals surface area contributed by atoms with E-state index in [1.807, 2.05) is 12.1 Å². The number of hydrogen-bond donors (Lipinski definition) is 0. The van der Waals surface area contributed by atoms with Gasteiger partial charge in [-0.1, -0.05) is 23.7 Å². The van der Waals surface area contributed by atoms with Gasteiger partial charge in [0.15, 0.2) is 6.61 Å². The molecule has 0 bridgehead atoms. The van der Waals surface area contributed by atoms with Crippen molar-refractivity contribution in [3.63, 3.8) is 0 Å². The molecule has 4 rings (SSSR count). The first-order chi connectivity index (χ1) is 14.9. The second kappa shape index (κ2) is 8.57. The van der Waals surface area contributed by atoms with Gasteiger partial charge in [-0.25, -0.2) is 5.01 Å². The molecule has 1 amide bonds. The Kier molecular flexibility index (Phi) is 5.68. The maximum atomic E-state index is 12.9. The van der Waals surface area contributed by atoms with Crippen LogP contribution in [0.15, 0.2) is 64.3 Å². The Labute approximate surface area is 182 Å². The van der Waals surface area contributed by atoms with E-state index in [9.17, 15) is 14.9 Å². The Bertz CT molecular complexity index is 1150. The van der Waals surface area contributed by atoms with E-state index in [-0.39, 0.29) is 5.75 Å². The van der Waals surface area contributed by atoms with Gasteiger partial charge in [0.05, 0.1) is 12.0 Å². The Hall–Kier alpha value is -3.72. The van der Waals surface area contributed by atoms with Crippen molar-refractivity contribution in [1.29, 1.82) is 0 Å². The summed E-state index contributed by atoms with van der Waals surface area (Å²) in [5, 5.41) is 17.6. The molecule has 0 radical (unpaired) electrons. The number of nitro groups is 1. The molecule has 0 N–H and O–H groups in total. The van der Waals surface area contributed by atoms with Crippen LogP contribution in [0.4, 0.5) is 5.82 Å². The average molecular weight is 441 g/mol. The lowest BCUT2D eigenvalue weighted by molar-refractivity contribution is -0.390. The summed E-state index contributed by atoms with van der Waals surface area (Å²) in [6.45, 7) is 1.19. The number of aryl methyl sites for hydroxylation is 1. The predicted octanol–water partition coefficient (Wildman–Crippen LogP) is 4.30. The first-order valence-electron chi connectivity index (χ1n) is 9.36. The van der Waals surface area contributed by atoms with E-state index in [0.29, 0.717) is 28.6 Å². The molecule has 31 heavy (non-hydrogen) atoms. The van der Waals surface area contributed by atoms with Crippen molar-refractivity contribution in [2.24, 2.45) is 5.10 Å². The molecule has 1 aliphatic heterocycles. The zero-order valence-corrected chi connectivity index (χ0v) is 17.2. The zero-order chi connectivity index (χ0) is 22.0. The lowest BCUT2D eigenvalue weighted by atomic mass is 10.0. The minimum Gasteiger partial charge on any atom is -0.475 e. The van der Waals surface area contributed by atoms with Crippen LogP contribution in [0.3, 0.4) is 0 Å². The molecular weight excluding hydrogens is 424 g/mol. The third-order valence-electron chi connectivity index (χ3n) is 4.72. The molecule has 0 unspecified atom stereocenters. The van der Waals surface area contributed by atoms with E-state index in [1.54, 1.807) is 37.3 Å². The van der Waals surface area contributed by atoms with Crippen molar-refractivity contribution in [3.8, 4) is 5.75 Å². The first-order valence-corrected chi connectivity index (χ1v) is 9.74. The molecule has 9 nitrogen and oxygen atoms in total. The fourth-order valence-electron chi connectivity index (χ4n) is 3.24. The molecule has 1 aromatic carbocycles. The Morgan fingerprint density at radius 2 is 2.06 bits per heavy atom. The standard InChI is InChI=1S/C21H17ClN4O5/c1-13-4-9-19(21(23-13)26(28)29)31-12-20(27)25-17(18-3-2-10-30-18)11-16(24-25)14-5-7-15(22)8-6-14/h2-10,17H,11-12H2,1H3/t17-/m1/s1. The Morgan fingerprint density at radius 1 is 1.29 bits per heavy atom. The molecule has 3 aromatic rings. The molecule has 3 heterocycles. The monoisotopic (exact) mass is 440 g/mol. The number of ether oxygens (including phenoxy) is 1. The summed E-state index contributed by atoms with van der Waals surface area (Å²) in [5.41, 5.74) is 1.99. The molecule has 0 saturated carbocycles. The number of amides is 1. The maximum Gasteiger partial charge on any atom is 0.406 e. The lowest BCUT2D eigenvalue weighted by Crippen LogP contribution is -2.31. The van der Waals surface area contributed by atoms with E-state index in [1.165, 1.54) is 17.3 Å². The molecule has 0 spiro atoms. The number of carbonyl (C=O) groups excluding carboxylic acids is 1. The van der Waals surface area contributed by atoms with Gasteiger partial charge in [0.25, 0.3) is 5.91 Å². The normalized spacial score (nSPS) is 15.6. The largest absolute Gasteiger partial charge is 0.475 e. The van der Waals surface area contributed by atoms with Crippen molar-refractivity contribution < 1.29 is 18.9 Å². The molecule has 0 saturated heterocycles. The SMILES string of the molecule is Cc1ccc(OCC(=O)N2N=C(c3ccc(Cl)cc3)C[C@@H]2c2ccco2)c([N+](=O)[O-])n1. The van der Waals surface area contributed by atoms with Crippen molar-refractivity contribution in [1.82, 2.24) is 9.99 Å². The second-order valence-electron chi connectivity index (χ2n) is 6.85. The lowest BCUT2D eigenvalue weighted by Gasteiger charge is -2.19. The van der Waals surface area contributed by atoms with E-state index in [4.69, 9.17) is 20.8 Å². The number of furan rings is 1. The van der Waals surface area contributed by atoms with Gasteiger partial charge in [-0.2, -0.15) is 5.10 Å². The summed E-state index contributed by atoms with van der Waals surface area (Å²) in [6, 6.07) is 13.2. The number of hydrogen-bond acceptors (Lipinski definition) is 7. The van der Waals surface area contributed by atoms with E-state index < -0.39 is 29.3 Å². The quantitative estimate of drug-likeness (QED) is 0.417. The molecule has 10 heteroatoms. The number of halogens is 1. The molecule has 158 valence electrons. The number of benzene rings is 1. The fourth-order valence-corrected chi connectivity index (χ4v) is 3.36. The molecule has 1 atom stereocenters. The number of hydrazone groups is 1. The first kappa shape index (κ1) is 20.5. The Balaban J connectivity index is 1.57. The highest BCUT2D eigenvalue weighted by Crippen LogP contribution is 2.33. The number of aromatic nitrogens is 1. The highest BCUT2D eigenvalue weighted by molar-refractivity contribution is 6.30. The summed E-state index contributed by atoms with van der Waals surface area (Å²) in [5.74, 6) is -0.425. The molecular formula is C21H17ClN4O5.